The highest BCUT2D eigenvalue weighted by molar-refractivity contribution is 6.60. The molecule has 0 heterocycles. The maximum absolute atomic E-state index is 12.1. The van der Waals surface area contributed by atoms with E-state index in [1.165, 1.54) is 0 Å². The minimum absolute atomic E-state index is 0.0362. The summed E-state index contributed by atoms with van der Waals surface area (Å²) in [4.78, 5) is 12.1. The first-order valence-corrected chi connectivity index (χ1v) is 6.16. The molecule has 18 heavy (non-hydrogen) atoms. The first-order chi connectivity index (χ1) is 8.70. The molecule has 0 aliphatic carbocycles. The van der Waals surface area contributed by atoms with Crippen molar-refractivity contribution < 1.29 is 4.79 Å². The van der Waals surface area contributed by atoms with E-state index in [1.54, 1.807) is 24.3 Å². The van der Waals surface area contributed by atoms with E-state index in [4.69, 9.17) is 23.2 Å². The predicted molar refractivity (Wildman–Crippen MR) is 75.8 cm³/mol. The Morgan fingerprint density at radius 3 is 1.67 bits per heavy atom. The van der Waals surface area contributed by atoms with Gasteiger partial charge in [-0.15, -0.1) is 0 Å². The molecule has 0 atom stereocenters. The van der Waals surface area contributed by atoms with Crippen LogP contribution >= 0.6 is 23.2 Å². The third-order valence-electron chi connectivity index (χ3n) is 2.46. The van der Waals surface area contributed by atoms with Crippen molar-refractivity contribution in [2.75, 3.05) is 0 Å². The molecule has 1 nitrogen and oxygen atoms in total. The van der Waals surface area contributed by atoms with Crippen LogP contribution in [0.3, 0.4) is 0 Å². The second kappa shape index (κ2) is 5.85. The fourth-order valence-corrected chi connectivity index (χ4v) is 1.96. The highest BCUT2D eigenvalue weighted by atomic mass is 35.5. The normalized spacial score (nSPS) is 11.9. The summed E-state index contributed by atoms with van der Waals surface area (Å²) in [7, 11) is 0. The summed E-state index contributed by atoms with van der Waals surface area (Å²) in [5.41, 5.74) is 1.25. The van der Waals surface area contributed by atoms with Crippen LogP contribution in [0.1, 0.15) is 15.9 Å². The summed E-state index contributed by atoms with van der Waals surface area (Å²) in [5.74, 6) is -0.272. The summed E-state index contributed by atoms with van der Waals surface area (Å²) >= 11 is 12.2. The van der Waals surface area contributed by atoms with Crippen LogP contribution in [0.2, 0.25) is 0 Å². The average Bonchev–Trinajstić information content (AvgIpc) is 2.47. The fraction of sp³-hybridized carbons (Fsp3) is 0. The molecule has 0 saturated carbocycles. The second-order valence-corrected chi connectivity index (χ2v) is 4.45. The lowest BCUT2D eigenvalue weighted by Gasteiger charge is -2.03. The molecule has 3 heteroatoms. The van der Waals surface area contributed by atoms with Crippen LogP contribution < -0.4 is 0 Å². The zero-order chi connectivity index (χ0) is 13.0. The van der Waals surface area contributed by atoms with Crippen LogP contribution in [0.15, 0.2) is 65.7 Å². The maximum atomic E-state index is 12.1. The van der Waals surface area contributed by atoms with Gasteiger partial charge in [-0.1, -0.05) is 83.9 Å². The number of hydrogen-bond acceptors (Lipinski definition) is 1. The number of Topliss-reactive ketones (excluding diaryl/α,β-unsaturated/α-hetero) is 1. The second-order valence-electron chi connectivity index (χ2n) is 3.69. The van der Waals surface area contributed by atoms with E-state index in [0.29, 0.717) is 5.56 Å². The van der Waals surface area contributed by atoms with Gasteiger partial charge >= 0.3 is 0 Å². The first-order valence-electron chi connectivity index (χ1n) is 5.40. The monoisotopic (exact) mass is 276 g/mol. The van der Waals surface area contributed by atoms with Gasteiger partial charge < -0.3 is 0 Å². The van der Waals surface area contributed by atoms with Crippen molar-refractivity contribution in [2.45, 2.75) is 0 Å². The Kier molecular flexibility index (Phi) is 4.19. The summed E-state index contributed by atoms with van der Waals surface area (Å²) in [6.45, 7) is 0. The van der Waals surface area contributed by atoms with E-state index in [9.17, 15) is 4.79 Å². The third-order valence-corrected chi connectivity index (χ3v) is 3.32. The number of rotatable bonds is 3. The lowest BCUT2D eigenvalue weighted by atomic mass is 10.1. The number of carbonyl (C=O) groups excluding carboxylic acids is 1. The Morgan fingerprint density at radius 2 is 1.17 bits per heavy atom. The molecule has 0 spiro atoms. The van der Waals surface area contributed by atoms with Gasteiger partial charge in [0.05, 0.1) is 5.03 Å². The van der Waals surface area contributed by atoms with Gasteiger partial charge in [-0.05, 0) is 5.56 Å². The molecule has 0 aliphatic rings. The molecule has 0 aliphatic heterocycles. The van der Waals surface area contributed by atoms with Crippen molar-refractivity contribution in [2.24, 2.45) is 0 Å². The molecule has 90 valence electrons. The Balaban J connectivity index is 2.37. The van der Waals surface area contributed by atoms with Gasteiger partial charge in [-0.2, -0.15) is 0 Å². The topological polar surface area (TPSA) is 17.1 Å². The molecule has 2 rings (SSSR count). The zero-order valence-corrected chi connectivity index (χ0v) is 10.9. The summed E-state index contributed by atoms with van der Waals surface area (Å²) < 4.78 is 0. The third kappa shape index (κ3) is 2.81. The van der Waals surface area contributed by atoms with Crippen LogP contribution in [0.25, 0.3) is 5.03 Å². The first kappa shape index (κ1) is 12.9. The molecule has 2 aromatic carbocycles. The Labute approximate surface area is 116 Å². The van der Waals surface area contributed by atoms with Crippen molar-refractivity contribution in [3.63, 3.8) is 0 Å². The molecule has 0 saturated heterocycles. The summed E-state index contributed by atoms with van der Waals surface area (Å²) in [6.07, 6.45) is 0. The molecule has 0 bridgehead atoms. The molecular formula is C15H10Cl2O. The Hall–Kier alpha value is -1.57. The smallest absolute Gasteiger partial charge is 0.205 e. The molecule has 0 unspecified atom stereocenters. The molecule has 0 N–H and O–H groups in total. The quantitative estimate of drug-likeness (QED) is 0.586. The SMILES string of the molecule is O=C(/C(Cl)=C(\Cl)c1ccccc1)c1ccccc1. The van der Waals surface area contributed by atoms with Gasteiger partial charge in [0.15, 0.2) is 0 Å². The van der Waals surface area contributed by atoms with E-state index in [0.717, 1.165) is 5.56 Å². The molecule has 0 fully saturated rings. The molecular weight excluding hydrogens is 267 g/mol. The van der Waals surface area contributed by atoms with E-state index in [-0.39, 0.29) is 15.8 Å². The molecule has 0 aromatic heterocycles. The standard InChI is InChI=1S/C15H10Cl2O/c16-13(11-7-3-1-4-8-11)14(17)15(18)12-9-5-2-6-10-12/h1-10H/b14-13+. The van der Waals surface area contributed by atoms with Crippen LogP contribution in [0.4, 0.5) is 0 Å². The zero-order valence-electron chi connectivity index (χ0n) is 9.44. The van der Waals surface area contributed by atoms with E-state index < -0.39 is 0 Å². The lowest BCUT2D eigenvalue weighted by molar-refractivity contribution is 0.104. The van der Waals surface area contributed by atoms with Crippen molar-refractivity contribution in [3.8, 4) is 0 Å². The number of hydrogen-bond donors (Lipinski definition) is 0. The van der Waals surface area contributed by atoms with Crippen LogP contribution in [-0.4, -0.2) is 5.78 Å². The number of benzene rings is 2. The molecule has 0 radical (unpaired) electrons. The van der Waals surface area contributed by atoms with Crippen LogP contribution in [0.5, 0.6) is 0 Å². The molecule has 2 aromatic rings. The van der Waals surface area contributed by atoms with Crippen LogP contribution in [0, 0.1) is 0 Å². The maximum Gasteiger partial charge on any atom is 0.205 e. The van der Waals surface area contributed by atoms with E-state index in [2.05, 4.69) is 0 Å². The van der Waals surface area contributed by atoms with Gasteiger partial charge in [-0.25, -0.2) is 0 Å². The number of halogens is 2. The highest BCUT2D eigenvalue weighted by Gasteiger charge is 2.14. The minimum Gasteiger partial charge on any atom is -0.288 e. The fourth-order valence-electron chi connectivity index (χ4n) is 1.53. The van der Waals surface area contributed by atoms with Gasteiger partial charge in [0, 0.05) is 5.56 Å². The largest absolute Gasteiger partial charge is 0.288 e. The van der Waals surface area contributed by atoms with Crippen LogP contribution in [-0.2, 0) is 0 Å². The van der Waals surface area contributed by atoms with Crippen molar-refractivity contribution in [3.05, 3.63) is 76.8 Å². The number of carbonyl (C=O) groups is 1. The predicted octanol–water partition coefficient (Wildman–Crippen LogP) is 4.72. The Bertz CT molecular complexity index is 574. The summed E-state index contributed by atoms with van der Waals surface area (Å²) in [5, 5.41) is 0.306. The van der Waals surface area contributed by atoms with Gasteiger partial charge in [0.2, 0.25) is 5.78 Å². The van der Waals surface area contributed by atoms with Crippen molar-refractivity contribution in [1.29, 1.82) is 0 Å². The lowest BCUT2D eigenvalue weighted by Crippen LogP contribution is -1.99. The molecule has 0 amide bonds. The highest BCUT2D eigenvalue weighted by Crippen LogP contribution is 2.27. The van der Waals surface area contributed by atoms with E-state index in [1.807, 2.05) is 36.4 Å². The minimum atomic E-state index is -0.272. The average molecular weight is 277 g/mol. The van der Waals surface area contributed by atoms with E-state index >= 15 is 0 Å². The number of ketones is 1. The Morgan fingerprint density at radius 1 is 0.722 bits per heavy atom. The van der Waals surface area contributed by atoms with Crippen molar-refractivity contribution in [1.82, 2.24) is 0 Å². The number of allylic oxidation sites excluding steroid dienone is 1. The van der Waals surface area contributed by atoms with Crippen molar-refractivity contribution >= 4 is 34.0 Å². The summed E-state index contributed by atoms with van der Waals surface area (Å²) in [6, 6.07) is 18.0. The van der Waals surface area contributed by atoms with Gasteiger partial charge in [-0.3, -0.25) is 4.79 Å². The van der Waals surface area contributed by atoms with Gasteiger partial charge in [0.25, 0.3) is 0 Å². The van der Waals surface area contributed by atoms with Gasteiger partial charge in [0.1, 0.15) is 5.03 Å².